The van der Waals surface area contributed by atoms with Gasteiger partial charge in [-0.05, 0) is 31.1 Å². The molecule has 1 aromatic rings. The summed E-state index contributed by atoms with van der Waals surface area (Å²) in [5.41, 5.74) is 7.85. The van der Waals surface area contributed by atoms with Gasteiger partial charge >= 0.3 is 0 Å². The minimum atomic E-state index is 0.156. The molecule has 5 heteroatoms. The van der Waals surface area contributed by atoms with Gasteiger partial charge in [-0.2, -0.15) is 0 Å². The Kier molecular flexibility index (Phi) is 3.77. The van der Waals surface area contributed by atoms with Crippen LogP contribution in [0.5, 0.6) is 0 Å². The minimum absolute atomic E-state index is 0.156. The summed E-state index contributed by atoms with van der Waals surface area (Å²) in [6, 6.07) is 0.712. The van der Waals surface area contributed by atoms with Crippen LogP contribution in [0.15, 0.2) is 0 Å². The normalized spacial score (nSPS) is 26.3. The highest BCUT2D eigenvalue weighted by Crippen LogP contribution is 2.43. The fraction of sp³-hybridized carbons (Fsp3) is 0.800. The fourth-order valence-corrected chi connectivity index (χ4v) is 4.48. The van der Waals surface area contributed by atoms with Crippen LogP contribution in [0.1, 0.15) is 49.7 Å². The van der Waals surface area contributed by atoms with Crippen LogP contribution in [0.2, 0.25) is 0 Å². The van der Waals surface area contributed by atoms with Gasteiger partial charge in [0, 0.05) is 37.2 Å². The number of hydrogen-bond acceptors (Lipinski definition) is 5. The topological polar surface area (TPSA) is 51.4 Å². The molecule has 1 atom stereocenters. The number of aromatic nitrogens is 1. The molecule has 2 aliphatic rings. The van der Waals surface area contributed by atoms with Gasteiger partial charge in [0.2, 0.25) is 0 Å². The molecular weight excluding hydrogens is 270 g/mol. The number of anilines is 1. The summed E-state index contributed by atoms with van der Waals surface area (Å²) in [6.45, 7) is 6.31. The number of thiazole rings is 1. The third kappa shape index (κ3) is 2.71. The van der Waals surface area contributed by atoms with E-state index in [1.54, 1.807) is 11.3 Å². The van der Waals surface area contributed by atoms with E-state index in [9.17, 15) is 0 Å². The van der Waals surface area contributed by atoms with Crippen LogP contribution >= 0.6 is 11.3 Å². The van der Waals surface area contributed by atoms with E-state index in [2.05, 4.69) is 25.8 Å². The maximum absolute atomic E-state index is 6.35. The van der Waals surface area contributed by atoms with Crippen LogP contribution in [-0.4, -0.2) is 31.3 Å². The van der Waals surface area contributed by atoms with Crippen molar-refractivity contribution in [1.82, 2.24) is 4.98 Å². The highest BCUT2D eigenvalue weighted by atomic mass is 32.1. The van der Waals surface area contributed by atoms with Crippen LogP contribution in [0.3, 0.4) is 0 Å². The molecule has 1 aromatic heterocycles. The van der Waals surface area contributed by atoms with Crippen LogP contribution < -0.4 is 10.6 Å². The van der Waals surface area contributed by atoms with E-state index in [0.29, 0.717) is 6.04 Å². The molecule has 1 fully saturated rings. The molecular formula is C15H25N3OS. The Balaban J connectivity index is 1.82. The predicted octanol–water partition coefficient (Wildman–Crippen LogP) is 2.73. The summed E-state index contributed by atoms with van der Waals surface area (Å²) in [4.78, 5) is 8.54. The van der Waals surface area contributed by atoms with Crippen LogP contribution in [0.25, 0.3) is 0 Å². The summed E-state index contributed by atoms with van der Waals surface area (Å²) in [5, 5.41) is 1.13. The summed E-state index contributed by atoms with van der Waals surface area (Å²) >= 11 is 1.79. The molecule has 0 saturated carbocycles. The van der Waals surface area contributed by atoms with E-state index in [1.165, 1.54) is 10.6 Å². The molecule has 0 spiro atoms. The molecule has 0 amide bonds. The Morgan fingerprint density at radius 1 is 1.35 bits per heavy atom. The van der Waals surface area contributed by atoms with Gasteiger partial charge in [0.25, 0.3) is 0 Å². The molecule has 2 N–H and O–H groups in total. The average Bonchev–Trinajstić information content (AvgIpc) is 2.81. The number of fused-ring (bicyclic) bond motifs is 1. The maximum Gasteiger partial charge on any atom is 0.185 e. The van der Waals surface area contributed by atoms with Gasteiger partial charge in [-0.15, -0.1) is 0 Å². The molecule has 1 unspecified atom stereocenters. The number of nitrogens with two attached hydrogens (primary N) is 1. The van der Waals surface area contributed by atoms with Crippen molar-refractivity contribution in [1.29, 1.82) is 0 Å². The minimum Gasteiger partial charge on any atom is -0.381 e. The standard InChI is InChI=1S/C15H25N3OS/c1-15(2)8-11(16)13-12(9-15)17-14(20-13)18(3)10-4-6-19-7-5-10/h10-11H,4-9,16H2,1-3H3. The van der Waals surface area contributed by atoms with Crippen molar-refractivity contribution in [2.75, 3.05) is 25.2 Å². The smallest absolute Gasteiger partial charge is 0.185 e. The first-order chi connectivity index (χ1) is 9.46. The van der Waals surface area contributed by atoms with Crippen molar-refractivity contribution in [3.05, 3.63) is 10.6 Å². The van der Waals surface area contributed by atoms with Crippen LogP contribution in [-0.2, 0) is 11.2 Å². The van der Waals surface area contributed by atoms with Crippen molar-refractivity contribution in [2.24, 2.45) is 11.1 Å². The highest BCUT2D eigenvalue weighted by molar-refractivity contribution is 7.15. The largest absolute Gasteiger partial charge is 0.381 e. The van der Waals surface area contributed by atoms with Crippen molar-refractivity contribution in [3.8, 4) is 0 Å². The van der Waals surface area contributed by atoms with Crippen LogP contribution in [0.4, 0.5) is 5.13 Å². The second-order valence-corrected chi connectivity index (χ2v) is 7.92. The molecule has 3 rings (SSSR count). The molecule has 0 aromatic carbocycles. The zero-order chi connectivity index (χ0) is 14.3. The molecule has 0 radical (unpaired) electrons. The van der Waals surface area contributed by atoms with Crippen molar-refractivity contribution >= 4 is 16.5 Å². The SMILES string of the molecule is CN(c1nc2c(s1)C(N)CC(C)(C)C2)C1CCOCC1. The quantitative estimate of drug-likeness (QED) is 0.911. The molecule has 112 valence electrons. The highest BCUT2D eigenvalue weighted by Gasteiger charge is 2.34. The second kappa shape index (κ2) is 5.28. The number of ether oxygens (including phenoxy) is 1. The zero-order valence-electron chi connectivity index (χ0n) is 12.7. The van der Waals surface area contributed by atoms with Crippen molar-refractivity contribution in [2.45, 2.75) is 51.6 Å². The Bertz CT molecular complexity index is 479. The van der Waals surface area contributed by atoms with Gasteiger partial charge in [-0.25, -0.2) is 4.98 Å². The first-order valence-corrected chi connectivity index (χ1v) is 8.34. The first-order valence-electron chi connectivity index (χ1n) is 7.52. The number of rotatable bonds is 2. The molecule has 1 aliphatic carbocycles. The van der Waals surface area contributed by atoms with Gasteiger partial charge < -0.3 is 15.4 Å². The summed E-state index contributed by atoms with van der Waals surface area (Å²) < 4.78 is 5.45. The third-order valence-corrected chi connectivity index (χ3v) is 5.83. The Morgan fingerprint density at radius 2 is 2.05 bits per heavy atom. The predicted molar refractivity (Wildman–Crippen MR) is 83.4 cm³/mol. The number of nitrogens with zero attached hydrogens (tertiary/aromatic N) is 2. The first kappa shape index (κ1) is 14.3. The Morgan fingerprint density at radius 3 is 2.75 bits per heavy atom. The molecule has 4 nitrogen and oxygen atoms in total. The van der Waals surface area contributed by atoms with E-state index in [0.717, 1.165) is 44.0 Å². The Hall–Kier alpha value is -0.650. The van der Waals surface area contributed by atoms with Gasteiger partial charge in [-0.3, -0.25) is 0 Å². The van der Waals surface area contributed by atoms with E-state index in [-0.39, 0.29) is 11.5 Å². The monoisotopic (exact) mass is 295 g/mol. The summed E-state index contributed by atoms with van der Waals surface area (Å²) in [5.74, 6) is 0. The maximum atomic E-state index is 6.35. The lowest BCUT2D eigenvalue weighted by Gasteiger charge is -2.32. The van der Waals surface area contributed by atoms with Gasteiger partial charge in [0.15, 0.2) is 5.13 Å². The Labute approximate surface area is 125 Å². The third-order valence-electron chi connectivity index (χ3n) is 4.51. The van der Waals surface area contributed by atoms with Crippen molar-refractivity contribution < 1.29 is 4.74 Å². The average molecular weight is 295 g/mol. The van der Waals surface area contributed by atoms with Gasteiger partial charge in [0.05, 0.1) is 5.69 Å². The fourth-order valence-electron chi connectivity index (χ4n) is 3.36. The lowest BCUT2D eigenvalue weighted by Crippen LogP contribution is -2.36. The molecule has 0 bridgehead atoms. The molecule has 2 heterocycles. The van der Waals surface area contributed by atoms with Crippen molar-refractivity contribution in [3.63, 3.8) is 0 Å². The van der Waals surface area contributed by atoms with Gasteiger partial charge in [0.1, 0.15) is 0 Å². The van der Waals surface area contributed by atoms with E-state index >= 15 is 0 Å². The second-order valence-electron chi connectivity index (χ2n) is 6.91. The molecule has 20 heavy (non-hydrogen) atoms. The van der Waals surface area contributed by atoms with Gasteiger partial charge in [-0.1, -0.05) is 25.2 Å². The zero-order valence-corrected chi connectivity index (χ0v) is 13.5. The van der Waals surface area contributed by atoms with E-state index in [1.807, 2.05) is 0 Å². The lowest BCUT2D eigenvalue weighted by atomic mass is 9.77. The lowest BCUT2D eigenvalue weighted by molar-refractivity contribution is 0.0855. The van der Waals surface area contributed by atoms with Crippen LogP contribution in [0, 0.1) is 5.41 Å². The summed E-state index contributed by atoms with van der Waals surface area (Å²) in [7, 11) is 2.16. The molecule has 1 aliphatic heterocycles. The van der Waals surface area contributed by atoms with E-state index in [4.69, 9.17) is 15.5 Å². The molecule has 1 saturated heterocycles. The summed E-state index contributed by atoms with van der Waals surface area (Å²) in [6.07, 6.45) is 4.30. The number of hydrogen-bond donors (Lipinski definition) is 1. The van der Waals surface area contributed by atoms with E-state index < -0.39 is 0 Å².